The Labute approximate surface area is 150 Å². The highest BCUT2D eigenvalue weighted by atomic mass is 127. The van der Waals surface area contributed by atoms with Gasteiger partial charge in [-0.2, -0.15) is 0 Å². The first kappa shape index (κ1) is 19.5. The van der Waals surface area contributed by atoms with Gasteiger partial charge in [-0.3, -0.25) is 4.79 Å². The van der Waals surface area contributed by atoms with Gasteiger partial charge in [-0.25, -0.2) is 4.79 Å². The van der Waals surface area contributed by atoms with E-state index in [1.165, 1.54) is 14.0 Å². The number of carbonyl (C=O) groups excluding carboxylic acids is 2. The molecule has 6 heteroatoms. The summed E-state index contributed by atoms with van der Waals surface area (Å²) in [5.41, 5.74) is 0.257. The van der Waals surface area contributed by atoms with E-state index in [0.29, 0.717) is 27.1 Å². The summed E-state index contributed by atoms with van der Waals surface area (Å²) < 4.78 is 16.8. The van der Waals surface area contributed by atoms with E-state index in [1.807, 2.05) is 19.9 Å². The van der Waals surface area contributed by atoms with Gasteiger partial charge in [0.25, 0.3) is 0 Å². The van der Waals surface area contributed by atoms with Crippen LogP contribution < -0.4 is 9.47 Å². The van der Waals surface area contributed by atoms with Crippen LogP contribution in [0.15, 0.2) is 24.3 Å². The molecule has 0 saturated carbocycles. The van der Waals surface area contributed by atoms with E-state index in [1.54, 1.807) is 13.0 Å². The normalized spacial score (nSPS) is 13.0. The van der Waals surface area contributed by atoms with Crippen molar-refractivity contribution in [3.8, 4) is 11.5 Å². The fourth-order valence-electron chi connectivity index (χ4n) is 1.89. The summed E-state index contributed by atoms with van der Waals surface area (Å²) in [4.78, 5) is 23.2. The highest BCUT2D eigenvalue weighted by Crippen LogP contribution is 2.39. The van der Waals surface area contributed by atoms with Crippen LogP contribution in [0.2, 0.25) is 0 Å². The Morgan fingerprint density at radius 2 is 1.91 bits per heavy atom. The molecule has 0 aromatic heterocycles. The predicted molar refractivity (Wildman–Crippen MR) is 95.6 cm³/mol. The third-order valence-corrected chi connectivity index (χ3v) is 4.23. The maximum Gasteiger partial charge on any atom is 0.333 e. The van der Waals surface area contributed by atoms with Crippen LogP contribution >= 0.6 is 22.6 Å². The summed E-state index contributed by atoms with van der Waals surface area (Å²) in [6, 6.07) is 3.53. The third kappa shape index (κ3) is 4.70. The van der Waals surface area contributed by atoms with Gasteiger partial charge >= 0.3 is 11.9 Å². The zero-order chi connectivity index (χ0) is 17.8. The van der Waals surface area contributed by atoms with E-state index in [9.17, 15) is 9.59 Å². The highest BCUT2D eigenvalue weighted by molar-refractivity contribution is 14.1. The van der Waals surface area contributed by atoms with E-state index >= 15 is 0 Å². The average Bonchev–Trinajstić information content (AvgIpc) is 2.48. The molecule has 0 aliphatic carbocycles. The number of hydrogen-bond donors (Lipinski definition) is 0. The highest BCUT2D eigenvalue weighted by Gasteiger charge is 2.31. The molecule has 23 heavy (non-hydrogen) atoms. The van der Waals surface area contributed by atoms with Crippen LogP contribution in [0.25, 0.3) is 0 Å². The molecule has 1 unspecified atom stereocenters. The zero-order valence-corrected chi connectivity index (χ0v) is 16.1. The van der Waals surface area contributed by atoms with Crippen molar-refractivity contribution in [1.82, 2.24) is 0 Å². The van der Waals surface area contributed by atoms with Crippen molar-refractivity contribution < 1.29 is 23.8 Å². The van der Waals surface area contributed by atoms with Gasteiger partial charge in [0.1, 0.15) is 5.60 Å². The first-order chi connectivity index (χ1) is 10.6. The Morgan fingerprint density at radius 3 is 2.35 bits per heavy atom. The first-order valence-electron chi connectivity index (χ1n) is 7.10. The van der Waals surface area contributed by atoms with Gasteiger partial charge in [-0.15, -0.1) is 0 Å². The smallest absolute Gasteiger partial charge is 0.333 e. The van der Waals surface area contributed by atoms with Crippen molar-refractivity contribution in [2.45, 2.75) is 39.7 Å². The summed E-state index contributed by atoms with van der Waals surface area (Å²) in [7, 11) is 1.49. The molecule has 0 aliphatic heterocycles. The van der Waals surface area contributed by atoms with E-state index in [-0.39, 0.29) is 0 Å². The Kier molecular flexibility index (Phi) is 6.61. The Hall–Kier alpha value is -1.57. The largest absolute Gasteiger partial charge is 0.493 e. The van der Waals surface area contributed by atoms with Gasteiger partial charge in [0.2, 0.25) is 0 Å². The molecule has 1 aromatic rings. The van der Waals surface area contributed by atoms with E-state index < -0.39 is 17.5 Å². The van der Waals surface area contributed by atoms with Crippen molar-refractivity contribution in [3.05, 3.63) is 33.4 Å². The summed E-state index contributed by atoms with van der Waals surface area (Å²) in [6.07, 6.45) is 0.568. The van der Waals surface area contributed by atoms with E-state index in [4.69, 9.17) is 14.2 Å². The van der Waals surface area contributed by atoms with Crippen molar-refractivity contribution in [1.29, 1.82) is 0 Å². The molecular formula is C17H21IO5. The van der Waals surface area contributed by atoms with Gasteiger partial charge in [0.15, 0.2) is 11.5 Å². The molecule has 0 heterocycles. The number of halogens is 1. The molecule has 0 fully saturated rings. The summed E-state index contributed by atoms with van der Waals surface area (Å²) in [5, 5.41) is 0. The Bertz CT molecular complexity index is 638. The standard InChI is InChI=1S/C17H21IO5/c1-7-17(5,23-16(20)10(2)3)12-8-13(18)15(22-11(4)19)14(9-12)21-6/h8-9H,2,7H2,1,3-6H3. The van der Waals surface area contributed by atoms with Crippen LogP contribution in [-0.2, 0) is 19.9 Å². The second-order valence-corrected chi connectivity index (χ2v) is 6.50. The lowest BCUT2D eigenvalue weighted by atomic mass is 9.92. The van der Waals surface area contributed by atoms with Crippen LogP contribution in [0.3, 0.4) is 0 Å². The summed E-state index contributed by atoms with van der Waals surface area (Å²) in [6.45, 7) is 10.3. The lowest BCUT2D eigenvalue weighted by Crippen LogP contribution is -2.29. The van der Waals surface area contributed by atoms with Crippen LogP contribution in [-0.4, -0.2) is 19.0 Å². The number of carbonyl (C=O) groups is 2. The van der Waals surface area contributed by atoms with Crippen LogP contribution in [0.4, 0.5) is 0 Å². The minimum atomic E-state index is -0.835. The molecule has 0 radical (unpaired) electrons. The molecule has 0 aliphatic rings. The Balaban J connectivity index is 3.35. The monoisotopic (exact) mass is 432 g/mol. The predicted octanol–water partition coefficient (Wildman–Crippen LogP) is 3.97. The second-order valence-electron chi connectivity index (χ2n) is 5.34. The molecule has 5 nitrogen and oxygen atoms in total. The van der Waals surface area contributed by atoms with Crippen LogP contribution in [0, 0.1) is 3.57 Å². The zero-order valence-electron chi connectivity index (χ0n) is 14.0. The molecule has 0 amide bonds. The number of esters is 2. The average molecular weight is 432 g/mol. The Morgan fingerprint density at radius 1 is 1.30 bits per heavy atom. The third-order valence-electron chi connectivity index (χ3n) is 3.43. The number of benzene rings is 1. The summed E-state index contributed by atoms with van der Waals surface area (Å²) >= 11 is 2.06. The van der Waals surface area contributed by atoms with Crippen LogP contribution in [0.5, 0.6) is 11.5 Å². The molecule has 0 spiro atoms. The number of methoxy groups -OCH3 is 1. The fourth-order valence-corrected chi connectivity index (χ4v) is 2.61. The molecule has 0 N–H and O–H groups in total. The van der Waals surface area contributed by atoms with Crippen molar-refractivity contribution in [2.75, 3.05) is 7.11 Å². The molecular weight excluding hydrogens is 411 g/mol. The molecule has 0 saturated heterocycles. The first-order valence-corrected chi connectivity index (χ1v) is 8.17. The lowest BCUT2D eigenvalue weighted by Gasteiger charge is -2.30. The van der Waals surface area contributed by atoms with Gasteiger partial charge in [-0.1, -0.05) is 13.5 Å². The van der Waals surface area contributed by atoms with Gasteiger partial charge in [0.05, 0.1) is 10.7 Å². The minimum Gasteiger partial charge on any atom is -0.493 e. The van der Waals surface area contributed by atoms with Crippen molar-refractivity contribution in [2.24, 2.45) is 0 Å². The lowest BCUT2D eigenvalue weighted by molar-refractivity contribution is -0.154. The number of rotatable bonds is 6. The fraction of sp³-hybridized carbons (Fsp3) is 0.412. The minimum absolute atomic E-state index is 0.336. The van der Waals surface area contributed by atoms with Crippen LogP contribution in [0.1, 0.15) is 39.7 Å². The molecule has 0 bridgehead atoms. The second kappa shape index (κ2) is 7.81. The molecule has 1 atom stereocenters. The topological polar surface area (TPSA) is 61.8 Å². The number of hydrogen-bond acceptors (Lipinski definition) is 5. The van der Waals surface area contributed by atoms with Gasteiger partial charge in [-0.05, 0) is 55.0 Å². The maximum atomic E-state index is 11.9. The van der Waals surface area contributed by atoms with E-state index in [0.717, 1.165) is 5.56 Å². The van der Waals surface area contributed by atoms with Crippen molar-refractivity contribution in [3.63, 3.8) is 0 Å². The quantitative estimate of drug-likeness (QED) is 0.295. The molecule has 126 valence electrons. The molecule has 1 aromatic carbocycles. The SMILES string of the molecule is C=C(C)C(=O)OC(C)(CC)c1cc(I)c(OC(C)=O)c(OC)c1. The number of ether oxygens (including phenoxy) is 3. The van der Waals surface area contributed by atoms with E-state index in [2.05, 4.69) is 29.2 Å². The van der Waals surface area contributed by atoms with Gasteiger partial charge < -0.3 is 14.2 Å². The molecule has 1 rings (SSSR count). The van der Waals surface area contributed by atoms with Gasteiger partial charge in [0, 0.05) is 18.1 Å². The van der Waals surface area contributed by atoms with Crippen molar-refractivity contribution >= 4 is 34.5 Å². The summed E-state index contributed by atoms with van der Waals surface area (Å²) in [5.74, 6) is -0.115. The maximum absolute atomic E-state index is 11.9.